The van der Waals surface area contributed by atoms with Crippen molar-refractivity contribution < 1.29 is 19.7 Å². The van der Waals surface area contributed by atoms with E-state index in [0.717, 1.165) is 24.0 Å². The minimum atomic E-state index is -0.989. The summed E-state index contributed by atoms with van der Waals surface area (Å²) in [6, 6.07) is 9.79. The molecule has 3 heterocycles. The summed E-state index contributed by atoms with van der Waals surface area (Å²) in [5, 5.41) is 24.1. The highest BCUT2D eigenvalue weighted by molar-refractivity contribution is 5.78. The van der Waals surface area contributed by atoms with Gasteiger partial charge < -0.3 is 24.6 Å². The molecule has 1 atom stereocenters. The highest BCUT2D eigenvalue weighted by Crippen LogP contribution is 2.21. The summed E-state index contributed by atoms with van der Waals surface area (Å²) in [7, 11) is 0. The van der Waals surface area contributed by atoms with E-state index in [1.165, 1.54) is 0 Å². The minimum Gasteiger partial charge on any atom is -0.461 e. The monoisotopic (exact) mass is 371 g/mol. The molecule has 0 aliphatic carbocycles. The van der Waals surface area contributed by atoms with E-state index in [4.69, 9.17) is 14.6 Å². The largest absolute Gasteiger partial charge is 0.461 e. The van der Waals surface area contributed by atoms with Crippen molar-refractivity contribution in [2.24, 2.45) is 0 Å². The van der Waals surface area contributed by atoms with Crippen LogP contribution in [0.2, 0.25) is 0 Å². The summed E-state index contributed by atoms with van der Waals surface area (Å²) >= 11 is 0. The van der Waals surface area contributed by atoms with E-state index in [0.29, 0.717) is 24.8 Å². The van der Waals surface area contributed by atoms with Gasteiger partial charge in [-0.25, -0.2) is 4.68 Å². The lowest BCUT2D eigenvalue weighted by atomic mass is 10.3. The number of hydrogen-bond donors (Lipinski definition) is 2. The lowest BCUT2D eigenvalue weighted by Crippen LogP contribution is -2.37. The maximum Gasteiger partial charge on any atom is 0.320 e. The van der Waals surface area contributed by atoms with Crippen molar-refractivity contribution in [1.29, 1.82) is 0 Å². The topological polar surface area (TPSA) is 106 Å². The van der Waals surface area contributed by atoms with Gasteiger partial charge in [0.2, 0.25) is 0 Å². The molecule has 1 aliphatic rings. The average Bonchev–Trinajstić information content (AvgIpc) is 3.17. The molecule has 27 heavy (non-hydrogen) atoms. The van der Waals surface area contributed by atoms with Crippen LogP contribution in [-0.4, -0.2) is 75.6 Å². The van der Waals surface area contributed by atoms with E-state index >= 15 is 0 Å². The van der Waals surface area contributed by atoms with E-state index in [2.05, 4.69) is 20.0 Å². The van der Waals surface area contributed by atoms with E-state index in [1.807, 2.05) is 36.5 Å². The Morgan fingerprint density at radius 3 is 2.70 bits per heavy atom. The maximum absolute atomic E-state index is 9.54. The molecule has 0 bridgehead atoms. The molecule has 1 aromatic carbocycles. The molecule has 1 fully saturated rings. The van der Waals surface area contributed by atoms with Crippen LogP contribution in [0.1, 0.15) is 0 Å². The van der Waals surface area contributed by atoms with Crippen LogP contribution in [-0.2, 0) is 4.74 Å². The van der Waals surface area contributed by atoms with Gasteiger partial charge in [0.15, 0.2) is 5.82 Å². The van der Waals surface area contributed by atoms with Gasteiger partial charge in [0, 0.05) is 30.7 Å². The molecule has 9 nitrogen and oxygen atoms in total. The Kier molecular flexibility index (Phi) is 5.14. The standard InChI is InChI=1S/C18H21N5O4/c24-11-14(25)12-27-18-19-16(22-5-7-26-8-6-22)9-17(20-18)23-10-13-3-1-2-4-15(13)21-23/h1-4,9-10,14,24-25H,5-8,11-12H2. The number of aromatic nitrogens is 4. The molecule has 2 aromatic heterocycles. The van der Waals surface area contributed by atoms with Crippen molar-refractivity contribution in [1.82, 2.24) is 19.7 Å². The summed E-state index contributed by atoms with van der Waals surface area (Å²) in [6.45, 7) is 2.21. The average molecular weight is 371 g/mol. The summed E-state index contributed by atoms with van der Waals surface area (Å²) in [5.74, 6) is 1.27. The van der Waals surface area contributed by atoms with Crippen LogP contribution >= 0.6 is 0 Å². The molecule has 1 saturated heterocycles. The first kappa shape index (κ1) is 17.7. The van der Waals surface area contributed by atoms with E-state index in [9.17, 15) is 5.11 Å². The molecule has 0 spiro atoms. The summed E-state index contributed by atoms with van der Waals surface area (Å²) in [6.07, 6.45) is 0.906. The normalized spacial score (nSPS) is 15.9. The van der Waals surface area contributed by atoms with Gasteiger partial charge in [0.25, 0.3) is 0 Å². The molecule has 4 rings (SSSR count). The number of rotatable bonds is 6. The van der Waals surface area contributed by atoms with Crippen molar-refractivity contribution in [3.63, 3.8) is 0 Å². The van der Waals surface area contributed by atoms with Crippen molar-refractivity contribution in [3.05, 3.63) is 36.5 Å². The predicted octanol–water partition coefficient (Wildman–Crippen LogP) is 0.384. The molecule has 3 aromatic rings. The smallest absolute Gasteiger partial charge is 0.320 e. The number of morpholine rings is 1. The first-order valence-corrected chi connectivity index (χ1v) is 8.81. The van der Waals surface area contributed by atoms with Gasteiger partial charge in [-0.2, -0.15) is 15.1 Å². The molecule has 0 radical (unpaired) electrons. The summed E-state index contributed by atoms with van der Waals surface area (Å²) < 4.78 is 12.6. The van der Waals surface area contributed by atoms with Gasteiger partial charge in [-0.1, -0.05) is 18.2 Å². The summed E-state index contributed by atoms with van der Waals surface area (Å²) in [5.41, 5.74) is 0.863. The number of fused-ring (bicyclic) bond motifs is 1. The van der Waals surface area contributed by atoms with E-state index in [1.54, 1.807) is 4.68 Å². The highest BCUT2D eigenvalue weighted by atomic mass is 16.5. The predicted molar refractivity (Wildman–Crippen MR) is 98.3 cm³/mol. The zero-order chi connectivity index (χ0) is 18.6. The van der Waals surface area contributed by atoms with Crippen molar-refractivity contribution in [2.45, 2.75) is 6.10 Å². The Bertz CT molecular complexity index is 877. The molecular formula is C18H21N5O4. The zero-order valence-corrected chi connectivity index (χ0v) is 14.7. The maximum atomic E-state index is 9.54. The number of benzene rings is 1. The second-order valence-corrected chi connectivity index (χ2v) is 6.25. The van der Waals surface area contributed by atoms with Crippen LogP contribution in [0.3, 0.4) is 0 Å². The molecule has 0 amide bonds. The van der Waals surface area contributed by atoms with Crippen LogP contribution in [0, 0.1) is 0 Å². The fourth-order valence-electron chi connectivity index (χ4n) is 2.84. The fraction of sp³-hybridized carbons (Fsp3) is 0.389. The molecule has 0 saturated carbocycles. The third-order valence-corrected chi connectivity index (χ3v) is 4.28. The number of aliphatic hydroxyl groups excluding tert-OH is 2. The first-order chi connectivity index (χ1) is 13.2. The molecule has 1 aliphatic heterocycles. The molecule has 9 heteroatoms. The molecule has 1 unspecified atom stereocenters. The van der Waals surface area contributed by atoms with Crippen LogP contribution < -0.4 is 9.64 Å². The Hall–Kier alpha value is -2.75. The van der Waals surface area contributed by atoms with Gasteiger partial charge in [-0.05, 0) is 6.07 Å². The van der Waals surface area contributed by atoms with Crippen molar-refractivity contribution >= 4 is 16.7 Å². The SMILES string of the molecule is OCC(O)COc1nc(N2CCOCC2)cc(-n2cc3ccccc3n2)n1. The second-order valence-electron chi connectivity index (χ2n) is 6.25. The Balaban J connectivity index is 1.69. The van der Waals surface area contributed by atoms with Crippen LogP contribution in [0.5, 0.6) is 6.01 Å². The zero-order valence-electron chi connectivity index (χ0n) is 14.7. The van der Waals surface area contributed by atoms with Gasteiger partial charge in [-0.15, -0.1) is 0 Å². The number of anilines is 1. The highest BCUT2D eigenvalue weighted by Gasteiger charge is 2.17. The Morgan fingerprint density at radius 1 is 1.15 bits per heavy atom. The van der Waals surface area contributed by atoms with Gasteiger partial charge in [-0.3, -0.25) is 0 Å². The van der Waals surface area contributed by atoms with Gasteiger partial charge >= 0.3 is 6.01 Å². The Labute approximate surface area is 155 Å². The molecule has 142 valence electrons. The third-order valence-electron chi connectivity index (χ3n) is 4.28. The quantitative estimate of drug-likeness (QED) is 0.641. The minimum absolute atomic E-state index is 0.0937. The second kappa shape index (κ2) is 7.87. The number of hydrogen-bond acceptors (Lipinski definition) is 8. The fourth-order valence-corrected chi connectivity index (χ4v) is 2.84. The van der Waals surface area contributed by atoms with E-state index < -0.39 is 6.10 Å². The van der Waals surface area contributed by atoms with Crippen molar-refractivity contribution in [2.75, 3.05) is 44.4 Å². The molecular weight excluding hydrogens is 350 g/mol. The third kappa shape index (κ3) is 4.00. The summed E-state index contributed by atoms with van der Waals surface area (Å²) in [4.78, 5) is 11.0. The molecule has 2 N–H and O–H groups in total. The van der Waals surface area contributed by atoms with Crippen LogP contribution in [0.15, 0.2) is 36.5 Å². The van der Waals surface area contributed by atoms with Crippen molar-refractivity contribution in [3.8, 4) is 11.8 Å². The lowest BCUT2D eigenvalue weighted by Gasteiger charge is -2.28. The van der Waals surface area contributed by atoms with Gasteiger partial charge in [0.05, 0.1) is 25.3 Å². The lowest BCUT2D eigenvalue weighted by molar-refractivity contribution is 0.0504. The number of nitrogens with zero attached hydrogens (tertiary/aromatic N) is 5. The van der Waals surface area contributed by atoms with Crippen LogP contribution in [0.25, 0.3) is 16.7 Å². The van der Waals surface area contributed by atoms with Gasteiger partial charge in [0.1, 0.15) is 18.5 Å². The Morgan fingerprint density at radius 2 is 1.93 bits per heavy atom. The first-order valence-electron chi connectivity index (χ1n) is 8.81. The number of ether oxygens (including phenoxy) is 2. The number of aliphatic hydroxyl groups is 2. The van der Waals surface area contributed by atoms with Crippen LogP contribution in [0.4, 0.5) is 5.82 Å². The van der Waals surface area contributed by atoms with E-state index in [-0.39, 0.29) is 19.2 Å².